The predicted octanol–water partition coefficient (Wildman–Crippen LogP) is 3.03. The van der Waals surface area contributed by atoms with Crippen LogP contribution in [0.1, 0.15) is 12.0 Å². The molecule has 0 aliphatic heterocycles. The molecule has 0 unspecified atom stereocenters. The Morgan fingerprint density at radius 1 is 1.30 bits per heavy atom. The Balaban J connectivity index is 2.46. The molecule has 1 aromatic carbocycles. The van der Waals surface area contributed by atoms with Crippen LogP contribution in [0.2, 0.25) is 10.0 Å². The van der Waals surface area contributed by atoms with Crippen molar-refractivity contribution >= 4 is 41.2 Å². The lowest BCUT2D eigenvalue weighted by Crippen LogP contribution is -2.23. The highest BCUT2D eigenvalue weighted by atomic mass is 35.5. The zero-order valence-electron chi connectivity index (χ0n) is 11.2. The summed E-state index contributed by atoms with van der Waals surface area (Å²) >= 11 is 11.7. The third kappa shape index (κ3) is 5.63. The van der Waals surface area contributed by atoms with Gasteiger partial charge in [0.05, 0.1) is 6.42 Å². The van der Waals surface area contributed by atoms with Crippen molar-refractivity contribution in [1.82, 2.24) is 4.90 Å². The molecule has 0 saturated heterocycles. The monoisotopic (exact) mass is 315 g/mol. The fourth-order valence-electron chi connectivity index (χ4n) is 1.31. The molecule has 0 fully saturated rings. The number of hydrogen-bond donors (Lipinski definition) is 0. The maximum absolute atomic E-state index is 11.4. The van der Waals surface area contributed by atoms with Crippen LogP contribution in [0.4, 0.5) is 0 Å². The SMILES string of the molecule is CN(C)C(=O)CCOC(=O)/C=C/c1ccc(Cl)cc1Cl. The summed E-state index contributed by atoms with van der Waals surface area (Å²) in [5.74, 6) is -0.620. The number of ether oxygens (including phenoxy) is 1. The van der Waals surface area contributed by atoms with E-state index < -0.39 is 5.97 Å². The highest BCUT2D eigenvalue weighted by Gasteiger charge is 2.05. The molecular weight excluding hydrogens is 301 g/mol. The van der Waals surface area contributed by atoms with Crippen LogP contribution in [-0.2, 0) is 14.3 Å². The number of hydrogen-bond acceptors (Lipinski definition) is 3. The van der Waals surface area contributed by atoms with Crippen molar-refractivity contribution in [3.63, 3.8) is 0 Å². The van der Waals surface area contributed by atoms with Gasteiger partial charge in [0.15, 0.2) is 0 Å². The quantitative estimate of drug-likeness (QED) is 0.620. The average Bonchev–Trinajstić information content (AvgIpc) is 2.37. The van der Waals surface area contributed by atoms with Crippen molar-refractivity contribution < 1.29 is 14.3 Å². The van der Waals surface area contributed by atoms with Gasteiger partial charge in [0.2, 0.25) is 5.91 Å². The van der Waals surface area contributed by atoms with Crippen molar-refractivity contribution in [1.29, 1.82) is 0 Å². The Morgan fingerprint density at radius 3 is 2.60 bits per heavy atom. The number of halogens is 2. The first-order valence-corrected chi connectivity index (χ1v) is 6.66. The average molecular weight is 316 g/mol. The van der Waals surface area contributed by atoms with E-state index in [-0.39, 0.29) is 18.9 Å². The molecule has 4 nitrogen and oxygen atoms in total. The van der Waals surface area contributed by atoms with E-state index in [0.717, 1.165) is 0 Å². The van der Waals surface area contributed by atoms with Crippen molar-refractivity contribution in [3.05, 3.63) is 39.9 Å². The van der Waals surface area contributed by atoms with Crippen molar-refractivity contribution in [3.8, 4) is 0 Å². The minimum absolute atomic E-state index is 0.0501. The minimum Gasteiger partial charge on any atom is -0.462 e. The van der Waals surface area contributed by atoms with Crippen LogP contribution in [0.25, 0.3) is 6.08 Å². The van der Waals surface area contributed by atoms with Crippen molar-refractivity contribution in [2.45, 2.75) is 6.42 Å². The van der Waals surface area contributed by atoms with Gasteiger partial charge in [0.1, 0.15) is 6.61 Å². The maximum atomic E-state index is 11.4. The minimum atomic E-state index is -0.525. The fourth-order valence-corrected chi connectivity index (χ4v) is 1.78. The largest absolute Gasteiger partial charge is 0.462 e. The standard InChI is InChI=1S/C14H15Cl2NO3/c1-17(2)13(18)7-8-20-14(19)6-4-10-3-5-11(15)9-12(10)16/h3-6,9H,7-8H2,1-2H3/b6-4+. The first kappa shape index (κ1) is 16.5. The van der Waals surface area contributed by atoms with Crippen LogP contribution in [0.5, 0.6) is 0 Å². The molecule has 0 N–H and O–H groups in total. The van der Waals surface area contributed by atoms with Crippen LogP contribution in [0.15, 0.2) is 24.3 Å². The molecule has 0 aromatic heterocycles. The zero-order chi connectivity index (χ0) is 15.1. The summed E-state index contributed by atoms with van der Waals surface area (Å²) in [6, 6.07) is 4.96. The summed E-state index contributed by atoms with van der Waals surface area (Å²) < 4.78 is 4.91. The van der Waals surface area contributed by atoms with Crippen LogP contribution in [0.3, 0.4) is 0 Å². The van der Waals surface area contributed by atoms with Crippen LogP contribution in [0, 0.1) is 0 Å². The van der Waals surface area contributed by atoms with E-state index in [1.807, 2.05) is 0 Å². The molecule has 1 aromatic rings. The van der Waals surface area contributed by atoms with Gasteiger partial charge in [0.25, 0.3) is 0 Å². The molecule has 0 heterocycles. The number of carbonyl (C=O) groups excluding carboxylic acids is 2. The smallest absolute Gasteiger partial charge is 0.330 e. The Labute approximate surface area is 127 Å². The summed E-state index contributed by atoms with van der Waals surface area (Å²) in [6.45, 7) is 0.0501. The van der Waals surface area contributed by atoms with E-state index >= 15 is 0 Å². The third-order valence-corrected chi connectivity index (χ3v) is 2.98. The number of carbonyl (C=O) groups is 2. The summed E-state index contributed by atoms with van der Waals surface area (Å²) in [5.41, 5.74) is 0.664. The Bertz CT molecular complexity index is 527. The molecule has 0 aliphatic carbocycles. The summed E-state index contributed by atoms with van der Waals surface area (Å²) in [5, 5.41) is 0.973. The lowest BCUT2D eigenvalue weighted by atomic mass is 10.2. The molecule has 0 spiro atoms. The van der Waals surface area contributed by atoms with Gasteiger partial charge in [-0.05, 0) is 23.8 Å². The number of nitrogens with zero attached hydrogens (tertiary/aromatic N) is 1. The fraction of sp³-hybridized carbons (Fsp3) is 0.286. The molecular formula is C14H15Cl2NO3. The number of benzene rings is 1. The highest BCUT2D eigenvalue weighted by molar-refractivity contribution is 6.35. The lowest BCUT2D eigenvalue weighted by molar-refractivity contribution is -0.139. The molecule has 0 bridgehead atoms. The molecule has 20 heavy (non-hydrogen) atoms. The van der Waals surface area contributed by atoms with Gasteiger partial charge in [-0.2, -0.15) is 0 Å². The maximum Gasteiger partial charge on any atom is 0.330 e. The summed E-state index contributed by atoms with van der Waals surface area (Å²) in [7, 11) is 3.29. The van der Waals surface area contributed by atoms with E-state index in [0.29, 0.717) is 15.6 Å². The summed E-state index contributed by atoms with van der Waals surface area (Å²) in [4.78, 5) is 24.2. The Kier molecular flexibility index (Phi) is 6.55. The van der Waals surface area contributed by atoms with Crippen molar-refractivity contribution in [2.75, 3.05) is 20.7 Å². The first-order chi connectivity index (χ1) is 9.40. The molecule has 0 aliphatic rings. The van der Waals surface area contributed by atoms with Crippen LogP contribution >= 0.6 is 23.2 Å². The van der Waals surface area contributed by atoms with Gasteiger partial charge in [-0.3, -0.25) is 4.79 Å². The van der Waals surface area contributed by atoms with Gasteiger partial charge < -0.3 is 9.64 Å². The second-order valence-electron chi connectivity index (χ2n) is 4.20. The van der Waals surface area contributed by atoms with E-state index in [9.17, 15) is 9.59 Å². The van der Waals surface area contributed by atoms with Gasteiger partial charge in [-0.15, -0.1) is 0 Å². The Hall–Kier alpha value is -1.52. The van der Waals surface area contributed by atoms with Crippen LogP contribution < -0.4 is 0 Å². The molecule has 1 amide bonds. The van der Waals surface area contributed by atoms with Gasteiger partial charge in [0, 0.05) is 30.2 Å². The summed E-state index contributed by atoms with van der Waals surface area (Å²) in [6.07, 6.45) is 2.96. The molecule has 6 heteroatoms. The molecule has 108 valence electrons. The third-order valence-electron chi connectivity index (χ3n) is 2.42. The normalized spacial score (nSPS) is 10.6. The Morgan fingerprint density at radius 2 is 2.00 bits per heavy atom. The second-order valence-corrected chi connectivity index (χ2v) is 5.05. The van der Waals surface area contributed by atoms with Crippen molar-refractivity contribution in [2.24, 2.45) is 0 Å². The number of rotatable bonds is 5. The van der Waals surface area contributed by atoms with Crippen LogP contribution in [-0.4, -0.2) is 37.5 Å². The van der Waals surface area contributed by atoms with E-state index in [4.69, 9.17) is 27.9 Å². The van der Waals surface area contributed by atoms with Gasteiger partial charge in [-0.1, -0.05) is 29.3 Å². The highest BCUT2D eigenvalue weighted by Crippen LogP contribution is 2.21. The predicted molar refractivity (Wildman–Crippen MR) is 79.8 cm³/mol. The molecule has 0 radical (unpaired) electrons. The van der Waals surface area contributed by atoms with Gasteiger partial charge in [-0.25, -0.2) is 4.79 Å². The molecule has 1 rings (SSSR count). The van der Waals surface area contributed by atoms with E-state index in [1.165, 1.54) is 17.1 Å². The molecule has 0 atom stereocenters. The number of esters is 1. The molecule has 0 saturated carbocycles. The zero-order valence-corrected chi connectivity index (χ0v) is 12.7. The topological polar surface area (TPSA) is 46.6 Å². The second kappa shape index (κ2) is 7.92. The lowest BCUT2D eigenvalue weighted by Gasteiger charge is -2.09. The first-order valence-electron chi connectivity index (χ1n) is 5.90. The van der Waals surface area contributed by atoms with Gasteiger partial charge >= 0.3 is 5.97 Å². The van der Waals surface area contributed by atoms with E-state index in [1.54, 1.807) is 32.3 Å². The van der Waals surface area contributed by atoms with E-state index in [2.05, 4.69) is 0 Å². The number of amides is 1.